The number of para-hydroxylation sites is 1. The molecule has 0 aromatic heterocycles. The first-order chi connectivity index (χ1) is 14.5. The van der Waals surface area contributed by atoms with Gasteiger partial charge in [-0.2, -0.15) is 0 Å². The summed E-state index contributed by atoms with van der Waals surface area (Å²) in [6, 6.07) is 25.0. The number of nitrogens with zero attached hydrogens (tertiary/aromatic N) is 1. The summed E-state index contributed by atoms with van der Waals surface area (Å²) in [5, 5.41) is 0.476. The normalized spacial score (nSPS) is 11.2. The van der Waals surface area contributed by atoms with Crippen molar-refractivity contribution >= 4 is 33.2 Å². The SMILES string of the molecule is O=C(Cc1ccccc1)N(CCCNS(=O)(=O)c1ccc(Cl)cc1)c1ccccc1. The largest absolute Gasteiger partial charge is 0.312 e. The molecule has 3 rings (SSSR count). The maximum Gasteiger partial charge on any atom is 0.240 e. The van der Waals surface area contributed by atoms with E-state index in [1.54, 1.807) is 4.90 Å². The minimum Gasteiger partial charge on any atom is -0.312 e. The van der Waals surface area contributed by atoms with Gasteiger partial charge >= 0.3 is 0 Å². The summed E-state index contributed by atoms with van der Waals surface area (Å²) in [6.45, 7) is 0.617. The van der Waals surface area contributed by atoms with Crippen LogP contribution in [0.15, 0.2) is 89.8 Å². The van der Waals surface area contributed by atoms with Crippen LogP contribution in [-0.2, 0) is 21.2 Å². The summed E-state index contributed by atoms with van der Waals surface area (Å²) < 4.78 is 27.4. The van der Waals surface area contributed by atoms with Crippen LogP contribution in [0.1, 0.15) is 12.0 Å². The molecular formula is C23H23ClN2O3S. The van der Waals surface area contributed by atoms with Crippen molar-refractivity contribution < 1.29 is 13.2 Å². The molecule has 156 valence electrons. The molecule has 0 saturated carbocycles. The highest BCUT2D eigenvalue weighted by atomic mass is 35.5. The summed E-state index contributed by atoms with van der Waals surface area (Å²) in [6.07, 6.45) is 0.758. The van der Waals surface area contributed by atoms with E-state index in [-0.39, 0.29) is 23.8 Å². The van der Waals surface area contributed by atoms with Crippen LogP contribution in [0.2, 0.25) is 5.02 Å². The maximum absolute atomic E-state index is 12.9. The molecule has 1 N–H and O–H groups in total. The predicted molar refractivity (Wildman–Crippen MR) is 120 cm³/mol. The highest BCUT2D eigenvalue weighted by Crippen LogP contribution is 2.17. The Morgan fingerprint density at radius 1 is 0.867 bits per heavy atom. The van der Waals surface area contributed by atoms with Gasteiger partial charge in [0.1, 0.15) is 0 Å². The molecule has 0 spiro atoms. The first-order valence-electron chi connectivity index (χ1n) is 9.60. The van der Waals surface area contributed by atoms with Crippen LogP contribution in [0.3, 0.4) is 0 Å². The minimum atomic E-state index is -3.62. The maximum atomic E-state index is 12.9. The van der Waals surface area contributed by atoms with Crippen molar-refractivity contribution in [3.05, 3.63) is 95.5 Å². The minimum absolute atomic E-state index is 0.0343. The number of anilines is 1. The number of nitrogens with one attached hydrogen (secondary N) is 1. The Morgan fingerprint density at radius 3 is 2.10 bits per heavy atom. The monoisotopic (exact) mass is 442 g/mol. The molecule has 0 atom stereocenters. The fourth-order valence-corrected chi connectivity index (χ4v) is 4.21. The highest BCUT2D eigenvalue weighted by molar-refractivity contribution is 7.89. The number of rotatable bonds is 9. The highest BCUT2D eigenvalue weighted by Gasteiger charge is 2.17. The molecule has 3 aromatic carbocycles. The lowest BCUT2D eigenvalue weighted by Crippen LogP contribution is -2.35. The first-order valence-corrected chi connectivity index (χ1v) is 11.5. The third kappa shape index (κ3) is 6.16. The number of halogens is 1. The molecule has 30 heavy (non-hydrogen) atoms. The van der Waals surface area contributed by atoms with E-state index in [0.29, 0.717) is 18.0 Å². The average molecular weight is 443 g/mol. The molecule has 0 radical (unpaired) electrons. The van der Waals surface area contributed by atoms with Crippen LogP contribution < -0.4 is 9.62 Å². The number of carbonyl (C=O) groups excluding carboxylic acids is 1. The van der Waals surface area contributed by atoms with Gasteiger partial charge in [0.25, 0.3) is 0 Å². The summed E-state index contributed by atoms with van der Waals surface area (Å²) in [7, 11) is -3.62. The van der Waals surface area contributed by atoms with Crippen molar-refractivity contribution in [2.75, 3.05) is 18.0 Å². The Balaban J connectivity index is 1.62. The molecule has 7 heteroatoms. The van der Waals surface area contributed by atoms with Crippen molar-refractivity contribution in [3.8, 4) is 0 Å². The molecule has 0 bridgehead atoms. The van der Waals surface area contributed by atoms with Crippen LogP contribution in [-0.4, -0.2) is 27.4 Å². The second-order valence-corrected chi connectivity index (χ2v) is 8.95. The molecule has 0 unspecified atom stereocenters. The summed E-state index contributed by atoms with van der Waals surface area (Å²) in [4.78, 5) is 14.8. The molecule has 0 aliphatic carbocycles. The molecule has 0 fully saturated rings. The third-order valence-electron chi connectivity index (χ3n) is 4.54. The number of hydrogen-bond acceptors (Lipinski definition) is 3. The molecule has 1 amide bonds. The van der Waals surface area contributed by atoms with E-state index < -0.39 is 10.0 Å². The van der Waals surface area contributed by atoms with E-state index >= 15 is 0 Å². The van der Waals surface area contributed by atoms with E-state index in [2.05, 4.69) is 4.72 Å². The van der Waals surface area contributed by atoms with Gasteiger partial charge in [-0.05, 0) is 48.4 Å². The fraction of sp³-hybridized carbons (Fsp3) is 0.174. The summed E-state index contributed by atoms with van der Waals surface area (Å²) in [5.41, 5.74) is 1.73. The molecule has 0 heterocycles. The van der Waals surface area contributed by atoms with Gasteiger partial charge in [-0.1, -0.05) is 60.1 Å². The lowest BCUT2D eigenvalue weighted by atomic mass is 10.1. The Labute approximate surface area is 182 Å². The van der Waals surface area contributed by atoms with Gasteiger partial charge in [-0.25, -0.2) is 13.1 Å². The van der Waals surface area contributed by atoms with Gasteiger partial charge in [0.05, 0.1) is 11.3 Å². The van der Waals surface area contributed by atoms with Crippen molar-refractivity contribution in [3.63, 3.8) is 0 Å². The van der Waals surface area contributed by atoms with Gasteiger partial charge in [0.2, 0.25) is 15.9 Å². The van der Waals surface area contributed by atoms with E-state index in [1.807, 2.05) is 60.7 Å². The van der Waals surface area contributed by atoms with Gasteiger partial charge < -0.3 is 4.90 Å². The second kappa shape index (κ2) is 10.4. The molecule has 5 nitrogen and oxygen atoms in total. The number of amides is 1. The molecule has 0 aliphatic rings. The molecule has 0 aliphatic heterocycles. The van der Waals surface area contributed by atoms with Crippen molar-refractivity contribution in [2.45, 2.75) is 17.7 Å². The van der Waals surface area contributed by atoms with Crippen LogP contribution in [0, 0.1) is 0 Å². The zero-order valence-corrected chi connectivity index (χ0v) is 17.9. The van der Waals surface area contributed by atoms with Gasteiger partial charge in [0.15, 0.2) is 0 Å². The average Bonchev–Trinajstić information content (AvgIpc) is 2.75. The number of carbonyl (C=O) groups is 1. The van der Waals surface area contributed by atoms with Gasteiger partial charge in [0, 0.05) is 23.8 Å². The van der Waals surface area contributed by atoms with Crippen molar-refractivity contribution in [2.24, 2.45) is 0 Å². The van der Waals surface area contributed by atoms with Crippen LogP contribution in [0.25, 0.3) is 0 Å². The lowest BCUT2D eigenvalue weighted by molar-refractivity contribution is -0.118. The zero-order chi connectivity index (χ0) is 21.4. The number of hydrogen-bond donors (Lipinski definition) is 1. The number of sulfonamides is 1. The Bertz CT molecular complexity index is 1060. The predicted octanol–water partition coefficient (Wildman–Crippen LogP) is 4.28. The molecule has 0 saturated heterocycles. The van der Waals surface area contributed by atoms with Crippen LogP contribution in [0.4, 0.5) is 5.69 Å². The second-order valence-electron chi connectivity index (χ2n) is 6.75. The number of benzene rings is 3. The fourth-order valence-electron chi connectivity index (χ4n) is 3.01. The molecule has 3 aromatic rings. The summed E-state index contributed by atoms with van der Waals surface area (Å²) >= 11 is 5.82. The Morgan fingerprint density at radius 2 is 1.47 bits per heavy atom. The third-order valence-corrected chi connectivity index (χ3v) is 6.27. The van der Waals surface area contributed by atoms with E-state index in [4.69, 9.17) is 11.6 Å². The van der Waals surface area contributed by atoms with Gasteiger partial charge in [-0.3, -0.25) is 4.79 Å². The van der Waals surface area contributed by atoms with E-state index in [9.17, 15) is 13.2 Å². The quantitative estimate of drug-likeness (QED) is 0.503. The first kappa shape index (κ1) is 22.0. The Hall–Kier alpha value is -2.67. The zero-order valence-electron chi connectivity index (χ0n) is 16.4. The standard InChI is InChI=1S/C23H23ClN2O3S/c24-20-12-14-22(15-13-20)30(28,29)25-16-7-17-26(21-10-5-2-6-11-21)23(27)18-19-8-3-1-4-9-19/h1-6,8-15,25H,7,16-18H2. The smallest absolute Gasteiger partial charge is 0.240 e. The van der Waals surface area contributed by atoms with Gasteiger partial charge in [-0.15, -0.1) is 0 Å². The van der Waals surface area contributed by atoms with E-state index in [1.165, 1.54) is 24.3 Å². The lowest BCUT2D eigenvalue weighted by Gasteiger charge is -2.23. The molecular weight excluding hydrogens is 420 g/mol. The van der Waals surface area contributed by atoms with E-state index in [0.717, 1.165) is 11.3 Å². The van der Waals surface area contributed by atoms with Crippen molar-refractivity contribution in [1.82, 2.24) is 4.72 Å². The van der Waals surface area contributed by atoms with Crippen molar-refractivity contribution in [1.29, 1.82) is 0 Å². The van der Waals surface area contributed by atoms with Crippen LogP contribution in [0.5, 0.6) is 0 Å². The van der Waals surface area contributed by atoms with Crippen LogP contribution >= 0.6 is 11.6 Å². The topological polar surface area (TPSA) is 66.5 Å². The summed E-state index contributed by atoms with van der Waals surface area (Å²) in [5.74, 6) is -0.0343. The Kier molecular flexibility index (Phi) is 7.63.